The van der Waals surface area contributed by atoms with Gasteiger partial charge < -0.3 is 44.3 Å². The number of H-pyrrole nitrogens is 1. The maximum atomic E-state index is 11.4. The van der Waals surface area contributed by atoms with Crippen molar-refractivity contribution < 1.29 is 53.4 Å². The minimum atomic E-state index is -4.64. The maximum Gasteiger partial charge on any atom is 0.466 e. The predicted molar refractivity (Wildman–Crippen MR) is 81.5 cm³/mol. The highest BCUT2D eigenvalue weighted by Crippen LogP contribution is 2.27. The third-order valence-corrected chi connectivity index (χ3v) is 2.49. The molecule has 9 N–H and O–H groups in total. The highest BCUT2D eigenvalue weighted by Gasteiger charge is 2.35. The highest BCUT2D eigenvalue weighted by molar-refractivity contribution is 7.45. The van der Waals surface area contributed by atoms with E-state index in [0.29, 0.717) is 0 Å². The van der Waals surface area contributed by atoms with Crippen LogP contribution in [0.5, 0.6) is 0 Å². The largest absolute Gasteiger partial charge is 0.466 e. The molecule has 2 heterocycles. The van der Waals surface area contributed by atoms with E-state index in [9.17, 15) is 14.7 Å². The fourth-order valence-corrected chi connectivity index (χ4v) is 1.73. The molecule has 15 nitrogen and oxygen atoms in total. The highest BCUT2D eigenvalue weighted by atomic mass is 31.2. The molecular weight excluding hydrogens is 406 g/mol. The summed E-state index contributed by atoms with van der Waals surface area (Å²) < 4.78 is 24.1. The van der Waals surface area contributed by atoms with Crippen molar-refractivity contribution in [1.29, 1.82) is 0 Å². The van der Waals surface area contributed by atoms with Crippen molar-refractivity contribution >= 4 is 15.6 Å². The summed E-state index contributed by atoms with van der Waals surface area (Å²) in [6.45, 7) is -0.217. The molecule has 0 aromatic carbocycles. The zero-order chi connectivity index (χ0) is 20.7. The lowest BCUT2D eigenvalue weighted by Gasteiger charge is -2.16. The van der Waals surface area contributed by atoms with Gasteiger partial charge in [0.15, 0.2) is 6.23 Å². The number of hydrogen-bond acceptors (Lipinski definition) is 7. The van der Waals surface area contributed by atoms with E-state index in [0.717, 1.165) is 4.57 Å². The molecule has 26 heavy (non-hydrogen) atoms. The number of aromatic amines is 1. The molecule has 1 aliphatic rings. The van der Waals surface area contributed by atoms with Gasteiger partial charge in [-0.05, 0) is 0 Å². The Kier molecular flexibility index (Phi) is 9.72. The van der Waals surface area contributed by atoms with E-state index in [1.807, 2.05) is 0 Å². The molecule has 1 aromatic rings. The monoisotopic (exact) mass is 424 g/mol. The number of aliphatic hydroxyl groups excluding tert-OH is 2. The first-order valence-corrected chi connectivity index (χ1v) is 9.57. The average molecular weight is 424 g/mol. The van der Waals surface area contributed by atoms with E-state index < -0.39 is 45.3 Å². The van der Waals surface area contributed by atoms with E-state index in [1.165, 1.54) is 12.3 Å². The fraction of sp³-hybridized carbons (Fsp3) is 0.556. The van der Waals surface area contributed by atoms with Crippen molar-refractivity contribution in [2.24, 2.45) is 0 Å². The van der Waals surface area contributed by atoms with Gasteiger partial charge in [0.25, 0.3) is 5.56 Å². The van der Waals surface area contributed by atoms with Gasteiger partial charge in [0, 0.05) is 18.7 Å². The Labute approximate surface area is 144 Å². The number of phosphoric acid groups is 2. The number of nitrogens with zero attached hydrogens (tertiary/aromatic N) is 1. The quantitative estimate of drug-likeness (QED) is 0.207. The molecule has 17 heteroatoms. The van der Waals surface area contributed by atoms with Crippen LogP contribution in [0.2, 0.25) is 0 Å². The Balaban J connectivity index is 0.000000520. The van der Waals surface area contributed by atoms with Gasteiger partial charge in [-0.25, -0.2) is 13.9 Å². The van der Waals surface area contributed by atoms with Gasteiger partial charge in [0.2, 0.25) is 0 Å². The minimum Gasteiger partial charge on any atom is -0.394 e. The van der Waals surface area contributed by atoms with Crippen LogP contribution < -0.4 is 11.2 Å². The normalized spacial score (nSPS) is 22.7. The minimum absolute atomic E-state index is 0.217. The number of aromatic nitrogens is 2. The molecule has 152 valence electrons. The second-order valence-corrected chi connectivity index (χ2v) is 6.73. The molecule has 1 saturated heterocycles. The third-order valence-electron chi connectivity index (χ3n) is 2.49. The maximum absolute atomic E-state index is 11.4. The van der Waals surface area contributed by atoms with E-state index in [-0.39, 0.29) is 13.0 Å². The lowest BCUT2D eigenvalue weighted by molar-refractivity contribution is -0.0530. The van der Waals surface area contributed by atoms with Crippen LogP contribution in [0.25, 0.3) is 0 Å². The number of ether oxygens (including phenoxy) is 1. The van der Waals surface area contributed by atoms with Crippen molar-refractivity contribution in [3.63, 3.8) is 0 Å². The van der Waals surface area contributed by atoms with Crippen LogP contribution in [-0.4, -0.2) is 67.9 Å². The van der Waals surface area contributed by atoms with Crippen molar-refractivity contribution in [3.05, 3.63) is 33.1 Å². The first-order valence-electron chi connectivity index (χ1n) is 6.44. The van der Waals surface area contributed by atoms with Crippen molar-refractivity contribution in [1.82, 2.24) is 9.55 Å². The topological polar surface area (TPSA) is 260 Å². The van der Waals surface area contributed by atoms with Crippen LogP contribution in [0, 0.1) is 0 Å². The van der Waals surface area contributed by atoms with Gasteiger partial charge >= 0.3 is 21.3 Å². The molecule has 3 atom stereocenters. The van der Waals surface area contributed by atoms with Gasteiger partial charge in [-0.2, -0.15) is 0 Å². The van der Waals surface area contributed by atoms with Crippen LogP contribution in [-0.2, 0) is 13.9 Å². The summed E-state index contributed by atoms with van der Waals surface area (Å²) in [5, 5.41) is 18.5. The van der Waals surface area contributed by atoms with E-state index in [4.69, 9.17) is 48.3 Å². The van der Waals surface area contributed by atoms with Crippen LogP contribution in [0.1, 0.15) is 12.6 Å². The zero-order valence-corrected chi connectivity index (χ0v) is 14.6. The molecule has 1 aromatic heterocycles. The summed E-state index contributed by atoms with van der Waals surface area (Å²) in [5.74, 6) is 0. The molecular formula is C9H18N2O13P2. The summed E-state index contributed by atoms with van der Waals surface area (Å²) in [6, 6.07) is 1.17. The summed E-state index contributed by atoms with van der Waals surface area (Å²) in [4.78, 5) is 67.5. The first-order chi connectivity index (χ1) is 11.6. The van der Waals surface area contributed by atoms with Gasteiger partial charge in [-0.3, -0.25) is 14.3 Å². The average Bonchev–Trinajstić information content (AvgIpc) is 2.76. The second kappa shape index (κ2) is 10.2. The lowest BCUT2D eigenvalue weighted by Crippen LogP contribution is -2.34. The van der Waals surface area contributed by atoms with E-state index >= 15 is 0 Å². The third kappa shape index (κ3) is 12.2. The van der Waals surface area contributed by atoms with Gasteiger partial charge in [0.1, 0.15) is 6.10 Å². The number of aliphatic hydroxyl groups is 2. The molecule has 0 bridgehead atoms. The van der Waals surface area contributed by atoms with Crippen LogP contribution in [0.3, 0.4) is 0 Å². The predicted octanol–water partition coefficient (Wildman–Crippen LogP) is -3.68. The van der Waals surface area contributed by atoms with E-state index in [2.05, 4.69) is 4.98 Å². The number of rotatable bonds is 2. The summed E-state index contributed by atoms with van der Waals surface area (Å²) in [7, 11) is -9.28. The van der Waals surface area contributed by atoms with Gasteiger partial charge in [-0.15, -0.1) is 0 Å². The van der Waals surface area contributed by atoms with Crippen LogP contribution >= 0.6 is 15.6 Å². The molecule has 1 fully saturated rings. The molecule has 1 aliphatic heterocycles. The van der Waals surface area contributed by atoms with Gasteiger partial charge in [-0.1, -0.05) is 0 Å². The molecule has 0 radical (unpaired) electrons. The molecule has 2 rings (SSSR count). The van der Waals surface area contributed by atoms with Crippen LogP contribution in [0.4, 0.5) is 0 Å². The van der Waals surface area contributed by atoms with Crippen LogP contribution in [0.15, 0.2) is 21.9 Å². The Morgan fingerprint density at radius 2 is 1.58 bits per heavy atom. The Morgan fingerprint density at radius 3 is 1.92 bits per heavy atom. The molecule has 0 aliphatic carbocycles. The van der Waals surface area contributed by atoms with E-state index in [1.54, 1.807) is 0 Å². The summed E-state index contributed by atoms with van der Waals surface area (Å²) in [5.41, 5.74) is -1.15. The van der Waals surface area contributed by atoms with Crippen molar-refractivity contribution in [3.8, 4) is 0 Å². The standard InChI is InChI=1S/C9H12N2O5.2H3O4P/c12-4-5-3-6(13)8(16-5)11-2-1-7(14)10-9(11)15;2*1-5(2,3)4/h1-2,5-6,8,12-13H,3-4H2,(H,10,14,15);2*(H3,1,2,3,4)/t5-,6+,8+;;/m0../s1. The lowest BCUT2D eigenvalue weighted by atomic mass is 10.2. The van der Waals surface area contributed by atoms with Crippen molar-refractivity contribution in [2.45, 2.75) is 24.9 Å². The van der Waals surface area contributed by atoms with Crippen molar-refractivity contribution in [2.75, 3.05) is 6.61 Å². The molecule has 0 saturated carbocycles. The fourth-order valence-electron chi connectivity index (χ4n) is 1.73. The molecule has 0 amide bonds. The van der Waals surface area contributed by atoms with Gasteiger partial charge in [0.05, 0.1) is 12.7 Å². The Bertz CT molecular complexity index is 727. The summed E-state index contributed by atoms with van der Waals surface area (Å²) >= 11 is 0. The Morgan fingerprint density at radius 1 is 1.12 bits per heavy atom. The number of hydrogen-bond donors (Lipinski definition) is 9. The number of nitrogens with one attached hydrogen (secondary N) is 1. The second-order valence-electron chi connectivity index (χ2n) is 4.68. The summed E-state index contributed by atoms with van der Waals surface area (Å²) in [6.07, 6.45) is -0.706. The SMILES string of the molecule is O=P(O)(O)O.O=P(O)(O)O.O=c1ccn([C@@H]2O[C@H](CO)C[C@H]2O)c(=O)[nH]1. The Hall–Kier alpha value is -1.22. The smallest absolute Gasteiger partial charge is 0.394 e. The molecule has 0 unspecified atom stereocenters. The zero-order valence-electron chi connectivity index (χ0n) is 12.8. The molecule has 0 spiro atoms. The first kappa shape index (κ1) is 24.8.